The minimum Gasteiger partial charge on any atom is -0.481 e. The molecule has 1 aliphatic heterocycles. The van der Waals surface area contributed by atoms with E-state index < -0.39 is 0 Å². The number of benzene rings is 2. The molecule has 1 saturated heterocycles. The van der Waals surface area contributed by atoms with Crippen LogP contribution < -0.4 is 20.7 Å². The molecular weight excluding hydrogens is 647 g/mol. The second-order valence-corrected chi connectivity index (χ2v) is 12.8. The molecule has 0 bridgehead atoms. The summed E-state index contributed by atoms with van der Waals surface area (Å²) in [6, 6.07) is 20.0. The molecule has 4 N–H and O–H groups in total. The number of nitrogens with one attached hydrogen (secondary N) is 4. The molecule has 3 aromatic heterocycles. The number of aromatic amines is 1. The van der Waals surface area contributed by atoms with Gasteiger partial charge in [-0.15, -0.1) is 0 Å². The van der Waals surface area contributed by atoms with E-state index in [0.29, 0.717) is 41.1 Å². The molecule has 250 valence electrons. The maximum atomic E-state index is 11.5. The Kier molecular flexibility index (Phi) is 10.9. The number of pyridine rings is 2. The van der Waals surface area contributed by atoms with Gasteiger partial charge in [0.05, 0.1) is 34.6 Å². The van der Waals surface area contributed by atoms with Crippen molar-refractivity contribution in [2.24, 2.45) is 0 Å². The van der Waals surface area contributed by atoms with Crippen LogP contribution in [0, 0.1) is 0 Å². The predicted octanol–water partition coefficient (Wildman–Crippen LogP) is 6.81. The van der Waals surface area contributed by atoms with Crippen LogP contribution in [0.4, 0.5) is 0 Å². The molecule has 4 heterocycles. The highest BCUT2D eigenvalue weighted by Gasteiger charge is 2.21. The number of halogens is 2. The number of amides is 1. The molecule has 9 nitrogen and oxygen atoms in total. The number of hydrogen-bond acceptors (Lipinski definition) is 7. The lowest BCUT2D eigenvalue weighted by molar-refractivity contribution is -0.119. The first-order chi connectivity index (χ1) is 23.4. The molecule has 6 rings (SSSR count). The van der Waals surface area contributed by atoms with Gasteiger partial charge >= 0.3 is 0 Å². The minimum absolute atomic E-state index is 0.106. The van der Waals surface area contributed by atoms with Crippen molar-refractivity contribution >= 4 is 40.1 Å². The van der Waals surface area contributed by atoms with E-state index in [4.69, 9.17) is 42.6 Å². The summed E-state index contributed by atoms with van der Waals surface area (Å²) in [6.07, 6.45) is 4.50. The number of H-pyrrole nitrogens is 1. The van der Waals surface area contributed by atoms with E-state index in [1.54, 1.807) is 14.2 Å². The molecule has 0 aliphatic carbocycles. The van der Waals surface area contributed by atoms with Crippen LogP contribution in [0.25, 0.3) is 44.7 Å². The summed E-state index contributed by atoms with van der Waals surface area (Å²) in [4.78, 5) is 24.6. The summed E-state index contributed by atoms with van der Waals surface area (Å²) in [7, 11) is 3.33. The van der Waals surface area contributed by atoms with Crippen LogP contribution in [0.1, 0.15) is 30.9 Å². The van der Waals surface area contributed by atoms with E-state index in [0.717, 1.165) is 70.5 Å². The first-order valence-electron chi connectivity index (χ1n) is 16.2. The number of fused-ring (bicyclic) bond motifs is 1. The van der Waals surface area contributed by atoms with Gasteiger partial charge in [-0.25, -0.2) is 9.97 Å². The Labute approximate surface area is 290 Å². The number of hydrogen-bond donors (Lipinski definition) is 4. The van der Waals surface area contributed by atoms with Gasteiger partial charge in [0.15, 0.2) is 0 Å². The molecule has 0 unspecified atom stereocenters. The van der Waals surface area contributed by atoms with Gasteiger partial charge in [0.2, 0.25) is 11.8 Å². The van der Waals surface area contributed by atoms with Gasteiger partial charge in [0, 0.05) is 78.6 Å². The third-order valence-corrected chi connectivity index (χ3v) is 9.61. The largest absolute Gasteiger partial charge is 0.481 e. The average Bonchev–Trinajstić information content (AvgIpc) is 3.72. The van der Waals surface area contributed by atoms with Crippen molar-refractivity contribution in [3.8, 4) is 39.5 Å². The van der Waals surface area contributed by atoms with Crippen LogP contribution in [-0.2, 0) is 22.5 Å². The maximum Gasteiger partial charge on any atom is 0.220 e. The molecule has 1 aliphatic rings. The number of methoxy groups -OCH3 is 2. The third-order valence-electron chi connectivity index (χ3n) is 8.79. The number of aromatic nitrogens is 3. The molecule has 2 aromatic carbocycles. The van der Waals surface area contributed by atoms with Crippen molar-refractivity contribution in [2.75, 3.05) is 33.9 Å². The van der Waals surface area contributed by atoms with E-state index >= 15 is 0 Å². The fraction of sp³-hybridized carbons (Fsp3) is 0.324. The molecule has 1 fully saturated rings. The SMILES string of the molecule is COc1nc(-c2cccc(-c3cccc(-c4ccc5c(CCNC[C@H](C)OC)c[nH]c5n4)c3Cl)c2Cl)ccc1CNC[C@@H]1CCC(=O)N1. The summed E-state index contributed by atoms with van der Waals surface area (Å²) in [5.41, 5.74) is 7.59. The lowest BCUT2D eigenvalue weighted by Crippen LogP contribution is -2.35. The summed E-state index contributed by atoms with van der Waals surface area (Å²) in [5, 5.41) is 12.0. The highest BCUT2D eigenvalue weighted by molar-refractivity contribution is 6.39. The van der Waals surface area contributed by atoms with Gasteiger partial charge in [0.1, 0.15) is 5.65 Å². The standard InChI is InChI=1S/C37H40Cl2N6O3/c1-22(47-2)18-40-17-16-23-20-42-36-26(23)12-14-31(44-36)29-8-4-6-27(34(29)38)28-7-5-9-30(35(28)39)32-13-10-24(37(45-32)48-3)19-41-21-25-11-15-33(46)43-25/h4-10,12-14,20,22,25,40-41H,11,15-19,21H2,1-3H3,(H,42,44)(H,43,46)/t22-,25-/m0/s1. The Morgan fingerprint density at radius 2 is 1.58 bits per heavy atom. The van der Waals surface area contributed by atoms with Gasteiger partial charge in [-0.1, -0.05) is 65.7 Å². The Balaban J connectivity index is 1.21. The predicted molar refractivity (Wildman–Crippen MR) is 193 cm³/mol. The van der Waals surface area contributed by atoms with Crippen molar-refractivity contribution in [3.63, 3.8) is 0 Å². The van der Waals surface area contributed by atoms with E-state index in [-0.39, 0.29) is 18.1 Å². The minimum atomic E-state index is 0.106. The quantitative estimate of drug-likeness (QED) is 0.0950. The lowest BCUT2D eigenvalue weighted by atomic mass is 9.98. The summed E-state index contributed by atoms with van der Waals surface area (Å²) < 4.78 is 11.0. The first kappa shape index (κ1) is 33.9. The molecule has 2 atom stereocenters. The topological polar surface area (TPSA) is 113 Å². The highest BCUT2D eigenvalue weighted by atomic mass is 35.5. The number of nitrogens with zero attached hydrogens (tertiary/aromatic N) is 2. The Bertz CT molecular complexity index is 1910. The van der Waals surface area contributed by atoms with Crippen molar-refractivity contribution < 1.29 is 14.3 Å². The molecular formula is C37H40Cl2N6O3. The molecule has 0 radical (unpaired) electrons. The second kappa shape index (κ2) is 15.5. The lowest BCUT2D eigenvalue weighted by Gasteiger charge is -2.15. The van der Waals surface area contributed by atoms with Crippen LogP contribution in [0.3, 0.4) is 0 Å². The van der Waals surface area contributed by atoms with E-state index in [9.17, 15) is 4.79 Å². The number of ether oxygens (including phenoxy) is 2. The fourth-order valence-corrected chi connectivity index (χ4v) is 6.70. The maximum absolute atomic E-state index is 11.5. The molecule has 5 aromatic rings. The Hall–Kier alpha value is -3.99. The van der Waals surface area contributed by atoms with E-state index in [2.05, 4.69) is 27.0 Å². The number of carbonyl (C=O) groups is 1. The zero-order valence-corrected chi connectivity index (χ0v) is 28.8. The second-order valence-electron chi connectivity index (χ2n) is 12.0. The number of carbonyl (C=O) groups excluding carboxylic acids is 1. The van der Waals surface area contributed by atoms with Crippen molar-refractivity contribution in [1.29, 1.82) is 0 Å². The molecule has 0 saturated carbocycles. The first-order valence-corrected chi connectivity index (χ1v) is 16.9. The van der Waals surface area contributed by atoms with Crippen LogP contribution in [0.5, 0.6) is 5.88 Å². The van der Waals surface area contributed by atoms with Crippen molar-refractivity contribution in [2.45, 2.75) is 44.9 Å². The summed E-state index contributed by atoms with van der Waals surface area (Å²) in [5.74, 6) is 0.622. The van der Waals surface area contributed by atoms with Crippen LogP contribution in [0.15, 0.2) is 66.9 Å². The fourth-order valence-electron chi connectivity index (χ4n) is 6.05. The molecule has 11 heteroatoms. The molecule has 48 heavy (non-hydrogen) atoms. The van der Waals surface area contributed by atoms with Gasteiger partial charge < -0.3 is 30.4 Å². The Morgan fingerprint density at radius 3 is 2.25 bits per heavy atom. The van der Waals surface area contributed by atoms with Crippen LogP contribution in [0.2, 0.25) is 10.0 Å². The van der Waals surface area contributed by atoms with Crippen molar-refractivity contribution in [3.05, 3.63) is 88.0 Å². The van der Waals surface area contributed by atoms with E-state index in [1.165, 1.54) is 5.56 Å². The average molecular weight is 688 g/mol. The van der Waals surface area contributed by atoms with Gasteiger partial charge in [0.25, 0.3) is 0 Å². The van der Waals surface area contributed by atoms with E-state index in [1.807, 2.05) is 67.7 Å². The summed E-state index contributed by atoms with van der Waals surface area (Å²) in [6.45, 7) is 4.95. The highest BCUT2D eigenvalue weighted by Crippen LogP contribution is 2.42. The zero-order valence-electron chi connectivity index (χ0n) is 27.3. The Morgan fingerprint density at radius 1 is 0.896 bits per heavy atom. The zero-order chi connectivity index (χ0) is 33.6. The van der Waals surface area contributed by atoms with Crippen LogP contribution >= 0.6 is 23.2 Å². The van der Waals surface area contributed by atoms with Crippen LogP contribution in [-0.4, -0.2) is 66.9 Å². The van der Waals surface area contributed by atoms with Gasteiger partial charge in [-0.2, -0.15) is 0 Å². The van der Waals surface area contributed by atoms with Gasteiger partial charge in [-0.05, 0) is 50.1 Å². The normalized spacial score (nSPS) is 15.2. The third kappa shape index (κ3) is 7.51. The van der Waals surface area contributed by atoms with Gasteiger partial charge in [-0.3, -0.25) is 4.79 Å². The number of rotatable bonds is 14. The van der Waals surface area contributed by atoms with Crippen molar-refractivity contribution in [1.82, 2.24) is 30.9 Å². The molecule has 1 amide bonds. The molecule has 0 spiro atoms. The summed E-state index contributed by atoms with van der Waals surface area (Å²) >= 11 is 14.2. The monoisotopic (exact) mass is 686 g/mol. The smallest absolute Gasteiger partial charge is 0.220 e.